The monoisotopic (exact) mass is 481 g/mol. The number of anilines is 2. The second-order valence-electron chi connectivity index (χ2n) is 8.42. The first-order valence-electron chi connectivity index (χ1n) is 11.7. The second kappa shape index (κ2) is 9.53. The standard InChI is InChI=1S/C27H27N7O2/c1-5-36-26-19(4)24(34(32-26)21-11-7-6-8-12-21)30-27(35)31-25-22(20-14-13-18(3)28-16-20)29-23-17(2)10-9-15-33(23)25/h6-16H,5H2,1-4H3,(H2,30,31,35). The molecule has 0 radical (unpaired) electrons. The zero-order chi connectivity index (χ0) is 25.2. The van der Waals surface area contributed by atoms with Gasteiger partial charge in [-0.05, 0) is 63.6 Å². The lowest BCUT2D eigenvalue weighted by atomic mass is 10.2. The summed E-state index contributed by atoms with van der Waals surface area (Å²) in [5.74, 6) is 1.53. The van der Waals surface area contributed by atoms with Gasteiger partial charge in [-0.15, -0.1) is 5.10 Å². The SMILES string of the molecule is CCOc1nn(-c2ccccc2)c(NC(=O)Nc2c(-c3ccc(C)nc3)nc3c(C)cccn23)c1C. The quantitative estimate of drug-likeness (QED) is 0.331. The van der Waals surface area contributed by atoms with Crippen molar-refractivity contribution >= 4 is 23.3 Å². The van der Waals surface area contributed by atoms with E-state index in [4.69, 9.17) is 9.72 Å². The van der Waals surface area contributed by atoms with E-state index in [1.165, 1.54) is 0 Å². The molecule has 0 aliphatic rings. The van der Waals surface area contributed by atoms with Crippen molar-refractivity contribution in [1.82, 2.24) is 24.1 Å². The third kappa shape index (κ3) is 4.26. The van der Waals surface area contributed by atoms with Crippen molar-refractivity contribution in [3.63, 3.8) is 0 Å². The molecule has 0 fully saturated rings. The zero-order valence-electron chi connectivity index (χ0n) is 20.6. The highest BCUT2D eigenvalue weighted by molar-refractivity contribution is 6.02. The van der Waals surface area contributed by atoms with Crippen molar-refractivity contribution in [3.05, 3.63) is 83.8 Å². The molecule has 1 aromatic carbocycles. The number of rotatable bonds is 6. The summed E-state index contributed by atoms with van der Waals surface area (Å²) in [6, 6.07) is 17.0. The van der Waals surface area contributed by atoms with Gasteiger partial charge in [-0.1, -0.05) is 24.3 Å². The van der Waals surface area contributed by atoms with Gasteiger partial charge in [-0.2, -0.15) is 0 Å². The van der Waals surface area contributed by atoms with E-state index in [0.29, 0.717) is 29.8 Å². The molecule has 2 N–H and O–H groups in total. The Bertz CT molecular complexity index is 1540. The van der Waals surface area contributed by atoms with Crippen molar-refractivity contribution in [2.75, 3.05) is 17.2 Å². The number of pyridine rings is 2. The molecule has 9 nitrogen and oxygen atoms in total. The number of hydrogen-bond donors (Lipinski definition) is 2. The maximum Gasteiger partial charge on any atom is 0.326 e. The van der Waals surface area contributed by atoms with Crippen LogP contribution in [0, 0.1) is 20.8 Å². The molecule has 0 aliphatic heterocycles. The smallest absolute Gasteiger partial charge is 0.326 e. The van der Waals surface area contributed by atoms with Crippen LogP contribution in [0.15, 0.2) is 67.0 Å². The molecule has 0 aliphatic carbocycles. The van der Waals surface area contributed by atoms with Crippen molar-refractivity contribution < 1.29 is 9.53 Å². The first-order valence-corrected chi connectivity index (χ1v) is 11.7. The number of nitrogens with one attached hydrogen (secondary N) is 2. The maximum absolute atomic E-state index is 13.4. The van der Waals surface area contributed by atoms with Crippen LogP contribution in [-0.4, -0.2) is 36.8 Å². The van der Waals surface area contributed by atoms with Gasteiger partial charge < -0.3 is 4.74 Å². The number of amides is 2. The number of fused-ring (bicyclic) bond motifs is 1. The lowest BCUT2D eigenvalue weighted by molar-refractivity contribution is 0.262. The van der Waals surface area contributed by atoms with Gasteiger partial charge in [0.25, 0.3) is 0 Å². The van der Waals surface area contributed by atoms with Crippen LogP contribution in [0.3, 0.4) is 0 Å². The number of aromatic nitrogens is 5. The fourth-order valence-corrected chi connectivity index (χ4v) is 4.03. The lowest BCUT2D eigenvalue weighted by Gasteiger charge is -2.12. The molecule has 2 amide bonds. The third-order valence-corrected chi connectivity index (χ3v) is 5.85. The Balaban J connectivity index is 1.54. The normalized spacial score (nSPS) is 11.0. The first kappa shape index (κ1) is 23.1. The van der Waals surface area contributed by atoms with E-state index in [1.807, 2.05) is 92.9 Å². The average molecular weight is 482 g/mol. The Hall–Kier alpha value is -4.66. The minimum atomic E-state index is -0.428. The van der Waals surface area contributed by atoms with E-state index < -0.39 is 6.03 Å². The van der Waals surface area contributed by atoms with Crippen LogP contribution in [0.1, 0.15) is 23.7 Å². The van der Waals surface area contributed by atoms with Gasteiger partial charge in [0.2, 0.25) is 5.88 Å². The summed E-state index contributed by atoms with van der Waals surface area (Å²) in [5, 5.41) is 10.6. The number of hydrogen-bond acceptors (Lipinski definition) is 5. The number of nitrogens with zero attached hydrogens (tertiary/aromatic N) is 5. The molecule has 5 rings (SSSR count). The number of imidazole rings is 1. The molecule has 182 valence electrons. The van der Waals surface area contributed by atoms with Crippen LogP contribution >= 0.6 is 0 Å². The summed E-state index contributed by atoms with van der Waals surface area (Å²) < 4.78 is 9.24. The number of carbonyl (C=O) groups excluding carboxylic acids is 1. The molecule has 0 bridgehead atoms. The molecule has 36 heavy (non-hydrogen) atoms. The Morgan fingerprint density at radius 1 is 0.972 bits per heavy atom. The molecule has 0 unspecified atom stereocenters. The van der Waals surface area contributed by atoms with Gasteiger partial charge in [0.05, 0.1) is 17.9 Å². The highest BCUT2D eigenvalue weighted by Gasteiger charge is 2.22. The molecule has 4 heterocycles. The summed E-state index contributed by atoms with van der Waals surface area (Å²) >= 11 is 0. The number of para-hydroxylation sites is 1. The molecule has 4 aromatic heterocycles. The summed E-state index contributed by atoms with van der Waals surface area (Å²) in [4.78, 5) is 22.6. The lowest BCUT2D eigenvalue weighted by Crippen LogP contribution is -2.23. The maximum atomic E-state index is 13.4. The van der Waals surface area contributed by atoms with E-state index in [0.717, 1.165) is 33.7 Å². The predicted molar refractivity (Wildman–Crippen MR) is 140 cm³/mol. The molecule has 9 heteroatoms. The number of ether oxygens (including phenoxy) is 1. The van der Waals surface area contributed by atoms with Crippen LogP contribution in [-0.2, 0) is 0 Å². The van der Waals surface area contributed by atoms with E-state index in [2.05, 4.69) is 20.7 Å². The Labute approximate surface area is 208 Å². The van der Waals surface area contributed by atoms with E-state index in [-0.39, 0.29) is 0 Å². The van der Waals surface area contributed by atoms with Crippen molar-refractivity contribution in [1.29, 1.82) is 0 Å². The molecule has 0 saturated heterocycles. The van der Waals surface area contributed by atoms with E-state index in [1.54, 1.807) is 10.9 Å². The summed E-state index contributed by atoms with van der Waals surface area (Å²) in [7, 11) is 0. The Kier molecular flexibility index (Phi) is 6.12. The predicted octanol–water partition coefficient (Wildman–Crippen LogP) is 5.55. The third-order valence-electron chi connectivity index (χ3n) is 5.85. The molecule has 0 spiro atoms. The van der Waals surface area contributed by atoms with Gasteiger partial charge in [-0.25, -0.2) is 14.5 Å². The van der Waals surface area contributed by atoms with Crippen molar-refractivity contribution in [2.24, 2.45) is 0 Å². The average Bonchev–Trinajstić information content (AvgIpc) is 3.39. The molecule has 5 aromatic rings. The number of carbonyl (C=O) groups is 1. The van der Waals surface area contributed by atoms with E-state index in [9.17, 15) is 4.79 Å². The summed E-state index contributed by atoms with van der Waals surface area (Å²) in [5.41, 5.74) is 5.63. The largest absolute Gasteiger partial charge is 0.477 e. The van der Waals surface area contributed by atoms with Gasteiger partial charge in [0.1, 0.15) is 23.0 Å². The highest BCUT2D eigenvalue weighted by Crippen LogP contribution is 2.31. The zero-order valence-corrected chi connectivity index (χ0v) is 20.6. The van der Waals surface area contributed by atoms with Crippen LogP contribution < -0.4 is 15.4 Å². The molecule has 0 atom stereocenters. The molecular formula is C27H27N7O2. The molecular weight excluding hydrogens is 454 g/mol. The number of aryl methyl sites for hydroxylation is 2. The van der Waals surface area contributed by atoms with Gasteiger partial charge in [0, 0.05) is 23.7 Å². The number of urea groups is 1. The van der Waals surface area contributed by atoms with Gasteiger partial charge in [0.15, 0.2) is 0 Å². The Morgan fingerprint density at radius 3 is 2.47 bits per heavy atom. The highest BCUT2D eigenvalue weighted by atomic mass is 16.5. The minimum Gasteiger partial charge on any atom is -0.477 e. The Morgan fingerprint density at radius 2 is 1.75 bits per heavy atom. The molecule has 0 saturated carbocycles. The van der Waals surface area contributed by atoms with E-state index >= 15 is 0 Å². The van der Waals surface area contributed by atoms with Crippen molar-refractivity contribution in [2.45, 2.75) is 27.7 Å². The first-order chi connectivity index (χ1) is 17.5. The van der Waals surface area contributed by atoms with Crippen LogP contribution in [0.5, 0.6) is 5.88 Å². The van der Waals surface area contributed by atoms with Crippen molar-refractivity contribution in [3.8, 4) is 22.8 Å². The fourth-order valence-electron chi connectivity index (χ4n) is 4.03. The summed E-state index contributed by atoms with van der Waals surface area (Å²) in [6.45, 7) is 8.15. The topological polar surface area (TPSA) is 98.4 Å². The second-order valence-corrected chi connectivity index (χ2v) is 8.42. The van der Waals surface area contributed by atoms with Gasteiger partial charge >= 0.3 is 6.03 Å². The summed E-state index contributed by atoms with van der Waals surface area (Å²) in [6.07, 6.45) is 3.64. The van der Waals surface area contributed by atoms with Crippen LogP contribution in [0.4, 0.5) is 16.4 Å². The minimum absolute atomic E-state index is 0.428. The number of benzene rings is 1. The van der Waals surface area contributed by atoms with Crippen LogP contribution in [0.2, 0.25) is 0 Å². The fraction of sp³-hybridized carbons (Fsp3) is 0.185. The van der Waals surface area contributed by atoms with Gasteiger partial charge in [-0.3, -0.25) is 20.0 Å². The van der Waals surface area contributed by atoms with Crippen LogP contribution in [0.25, 0.3) is 22.6 Å².